The van der Waals surface area contributed by atoms with E-state index in [1.807, 2.05) is 0 Å². The molecule has 128 valence electrons. The van der Waals surface area contributed by atoms with Crippen LogP contribution >= 0.6 is 23.2 Å². The molecule has 0 radical (unpaired) electrons. The summed E-state index contributed by atoms with van der Waals surface area (Å²) in [5, 5.41) is 4.42. The van der Waals surface area contributed by atoms with E-state index >= 15 is 0 Å². The fourth-order valence-electron chi connectivity index (χ4n) is 2.72. The molecule has 2 heterocycles. The summed E-state index contributed by atoms with van der Waals surface area (Å²) in [7, 11) is 0. The van der Waals surface area contributed by atoms with Gasteiger partial charge in [-0.05, 0) is 30.3 Å². The molecule has 1 aliphatic heterocycles. The fourth-order valence-corrected chi connectivity index (χ4v) is 3.18. The van der Waals surface area contributed by atoms with Crippen LogP contribution in [-0.2, 0) is 0 Å². The topological polar surface area (TPSA) is 63.4 Å². The Kier molecular flexibility index (Phi) is 4.19. The smallest absolute Gasteiger partial charge is 0.273 e. The lowest BCUT2D eigenvalue weighted by molar-refractivity contribution is 0.102. The Morgan fingerprint density at radius 1 is 1.04 bits per heavy atom. The number of halogens is 2. The highest BCUT2D eigenvalue weighted by Crippen LogP contribution is 2.33. The predicted octanol–water partition coefficient (Wildman–Crippen LogP) is 4.89. The zero-order valence-electron chi connectivity index (χ0n) is 13.1. The summed E-state index contributed by atoms with van der Waals surface area (Å²) in [5.74, 6) is 0.949. The van der Waals surface area contributed by atoms with Crippen LogP contribution in [0.2, 0.25) is 10.0 Å². The summed E-state index contributed by atoms with van der Waals surface area (Å²) in [4.78, 5) is 15.6. The molecule has 0 saturated carbocycles. The molecule has 0 aliphatic carbocycles. The maximum absolute atomic E-state index is 12.6. The first-order valence-corrected chi connectivity index (χ1v) is 8.55. The molecule has 25 heavy (non-hydrogen) atoms. The summed E-state index contributed by atoms with van der Waals surface area (Å²) in [5.41, 5.74) is 1.63. The van der Waals surface area contributed by atoms with E-state index in [1.165, 1.54) is 0 Å². The van der Waals surface area contributed by atoms with Crippen molar-refractivity contribution in [3.05, 3.63) is 52.1 Å². The summed E-state index contributed by atoms with van der Waals surface area (Å²) in [6.07, 6.45) is 0.823. The van der Waals surface area contributed by atoms with Crippen LogP contribution < -0.4 is 14.8 Å². The van der Waals surface area contributed by atoms with Gasteiger partial charge in [-0.25, -0.2) is 0 Å². The molecule has 4 rings (SSSR count). The third-order valence-electron chi connectivity index (χ3n) is 3.93. The van der Waals surface area contributed by atoms with Crippen molar-refractivity contribution >= 4 is 45.7 Å². The van der Waals surface area contributed by atoms with Crippen LogP contribution in [-0.4, -0.2) is 24.1 Å². The van der Waals surface area contributed by atoms with E-state index in [1.54, 1.807) is 36.4 Å². The van der Waals surface area contributed by atoms with Gasteiger partial charge in [-0.2, -0.15) is 0 Å². The second-order valence-electron chi connectivity index (χ2n) is 5.67. The summed E-state index contributed by atoms with van der Waals surface area (Å²) in [6.45, 7) is 1.20. The van der Waals surface area contributed by atoms with Gasteiger partial charge in [0.25, 0.3) is 5.91 Å². The zero-order chi connectivity index (χ0) is 17.4. The molecule has 7 heteroatoms. The number of rotatable bonds is 2. The number of hydrogen-bond acceptors (Lipinski definition) is 3. The Labute approximate surface area is 153 Å². The van der Waals surface area contributed by atoms with E-state index < -0.39 is 0 Å². The van der Waals surface area contributed by atoms with E-state index in [9.17, 15) is 4.79 Å². The monoisotopic (exact) mass is 376 g/mol. The molecule has 2 N–H and O–H groups in total. The van der Waals surface area contributed by atoms with Gasteiger partial charge in [0.15, 0.2) is 11.5 Å². The van der Waals surface area contributed by atoms with Crippen molar-refractivity contribution in [3.63, 3.8) is 0 Å². The van der Waals surface area contributed by atoms with Crippen molar-refractivity contribution in [1.29, 1.82) is 0 Å². The van der Waals surface area contributed by atoms with E-state index in [4.69, 9.17) is 32.7 Å². The number of H-pyrrole nitrogens is 1. The summed E-state index contributed by atoms with van der Waals surface area (Å²) < 4.78 is 11.2. The van der Waals surface area contributed by atoms with E-state index in [-0.39, 0.29) is 11.6 Å². The molecule has 0 unspecified atom stereocenters. The Morgan fingerprint density at radius 2 is 1.84 bits per heavy atom. The van der Waals surface area contributed by atoms with Crippen LogP contribution in [0.15, 0.2) is 36.4 Å². The van der Waals surface area contributed by atoms with Gasteiger partial charge in [-0.15, -0.1) is 0 Å². The van der Waals surface area contributed by atoms with Crippen LogP contribution in [0.5, 0.6) is 11.5 Å². The first-order valence-electron chi connectivity index (χ1n) is 7.79. The van der Waals surface area contributed by atoms with Gasteiger partial charge in [0.1, 0.15) is 5.69 Å². The number of anilines is 1. The minimum atomic E-state index is -0.341. The predicted molar refractivity (Wildman–Crippen MR) is 98.3 cm³/mol. The number of fused-ring (bicyclic) bond motifs is 2. The normalized spacial score (nSPS) is 13.5. The number of nitrogens with one attached hydrogen (secondary N) is 2. The molecule has 0 bridgehead atoms. The molecule has 0 fully saturated rings. The highest BCUT2D eigenvalue weighted by atomic mass is 35.5. The fraction of sp³-hybridized carbons (Fsp3) is 0.167. The average molecular weight is 377 g/mol. The highest BCUT2D eigenvalue weighted by molar-refractivity contribution is 6.40. The van der Waals surface area contributed by atoms with Gasteiger partial charge in [0, 0.05) is 34.1 Å². The minimum absolute atomic E-state index is 0.283. The van der Waals surface area contributed by atoms with Crippen LogP contribution in [0.4, 0.5) is 5.69 Å². The number of carbonyl (C=O) groups excluding carboxylic acids is 1. The molecule has 0 spiro atoms. The number of aromatic nitrogens is 1. The largest absolute Gasteiger partial charge is 0.490 e. The van der Waals surface area contributed by atoms with Gasteiger partial charge in [-0.3, -0.25) is 4.79 Å². The van der Waals surface area contributed by atoms with Crippen molar-refractivity contribution in [2.24, 2.45) is 0 Å². The second kappa shape index (κ2) is 6.50. The quantitative estimate of drug-likeness (QED) is 0.669. The Bertz CT molecular complexity index is 968. The Morgan fingerprint density at radius 3 is 2.68 bits per heavy atom. The van der Waals surface area contributed by atoms with Crippen LogP contribution in [0, 0.1) is 0 Å². The maximum Gasteiger partial charge on any atom is 0.273 e. The molecular formula is C18H14Cl2N2O3. The van der Waals surface area contributed by atoms with Crippen molar-refractivity contribution in [2.45, 2.75) is 6.42 Å². The van der Waals surface area contributed by atoms with E-state index in [0.29, 0.717) is 45.8 Å². The molecule has 5 nitrogen and oxygen atoms in total. The minimum Gasteiger partial charge on any atom is -0.490 e. The first kappa shape index (κ1) is 16.1. The lowest BCUT2D eigenvalue weighted by Crippen LogP contribution is -2.12. The third kappa shape index (κ3) is 3.13. The molecule has 0 saturated heterocycles. The van der Waals surface area contributed by atoms with E-state index in [0.717, 1.165) is 11.9 Å². The molecule has 2 aromatic carbocycles. The molecule has 0 atom stereocenters. The Hall–Kier alpha value is -2.37. The molecule has 1 aromatic heterocycles. The van der Waals surface area contributed by atoms with Crippen molar-refractivity contribution in [3.8, 4) is 11.5 Å². The van der Waals surface area contributed by atoms with Crippen LogP contribution in [0.1, 0.15) is 16.9 Å². The molecule has 1 amide bonds. The van der Waals surface area contributed by atoms with Gasteiger partial charge in [0.05, 0.1) is 18.2 Å². The van der Waals surface area contributed by atoms with Crippen molar-refractivity contribution in [1.82, 2.24) is 4.98 Å². The van der Waals surface area contributed by atoms with Gasteiger partial charge >= 0.3 is 0 Å². The lowest BCUT2D eigenvalue weighted by Gasteiger charge is -2.10. The maximum atomic E-state index is 12.6. The second-order valence-corrected chi connectivity index (χ2v) is 6.48. The van der Waals surface area contributed by atoms with Gasteiger partial charge in [0.2, 0.25) is 0 Å². The lowest BCUT2D eigenvalue weighted by atomic mass is 10.2. The summed E-state index contributed by atoms with van der Waals surface area (Å²) >= 11 is 12.3. The first-order chi connectivity index (χ1) is 12.1. The van der Waals surface area contributed by atoms with Crippen molar-refractivity contribution in [2.75, 3.05) is 18.5 Å². The number of benzene rings is 2. The standard InChI is InChI=1S/C18H14Cl2N2O3/c19-10-2-4-13-12(8-10)16(20)17(22-13)18(23)21-11-3-5-14-15(9-11)25-7-1-6-24-14/h2-5,8-9,22H,1,6-7H2,(H,21,23). The molecule has 1 aliphatic rings. The van der Waals surface area contributed by atoms with Crippen LogP contribution in [0.25, 0.3) is 10.9 Å². The third-order valence-corrected chi connectivity index (χ3v) is 4.56. The van der Waals surface area contributed by atoms with E-state index in [2.05, 4.69) is 10.3 Å². The number of amides is 1. The molecule has 3 aromatic rings. The summed E-state index contributed by atoms with van der Waals surface area (Å²) in [6, 6.07) is 10.5. The number of ether oxygens (including phenoxy) is 2. The number of aromatic amines is 1. The van der Waals surface area contributed by atoms with Crippen LogP contribution in [0.3, 0.4) is 0 Å². The molecular weight excluding hydrogens is 363 g/mol. The zero-order valence-corrected chi connectivity index (χ0v) is 14.6. The average Bonchev–Trinajstić information content (AvgIpc) is 2.78. The Balaban J connectivity index is 1.62. The number of carbonyl (C=O) groups is 1. The van der Waals surface area contributed by atoms with Gasteiger partial charge < -0.3 is 19.8 Å². The SMILES string of the molecule is O=C(Nc1ccc2c(c1)OCCCO2)c1[nH]c2ccc(Cl)cc2c1Cl. The van der Waals surface area contributed by atoms with Gasteiger partial charge in [-0.1, -0.05) is 23.2 Å². The number of hydrogen-bond donors (Lipinski definition) is 2. The van der Waals surface area contributed by atoms with Crippen molar-refractivity contribution < 1.29 is 14.3 Å². The highest BCUT2D eigenvalue weighted by Gasteiger charge is 2.18.